The van der Waals surface area contributed by atoms with Gasteiger partial charge in [-0.2, -0.15) is 0 Å². The van der Waals surface area contributed by atoms with E-state index < -0.39 is 11.3 Å². The van der Waals surface area contributed by atoms with Gasteiger partial charge in [0.05, 0.1) is 18.8 Å². The van der Waals surface area contributed by atoms with Gasteiger partial charge >= 0.3 is 6.09 Å². The fourth-order valence-corrected chi connectivity index (χ4v) is 2.22. The van der Waals surface area contributed by atoms with E-state index in [1.165, 1.54) is 0 Å². The molecule has 5 heteroatoms. The summed E-state index contributed by atoms with van der Waals surface area (Å²) >= 11 is 0. The molecule has 1 saturated heterocycles. The molecule has 0 aromatic carbocycles. The van der Waals surface area contributed by atoms with Crippen LogP contribution in [0.25, 0.3) is 0 Å². The molecule has 1 fully saturated rings. The molecule has 0 spiro atoms. The number of amides is 1. The summed E-state index contributed by atoms with van der Waals surface area (Å²) in [6, 6.07) is -0.0141. The van der Waals surface area contributed by atoms with Gasteiger partial charge in [0, 0.05) is 7.11 Å². The highest BCUT2D eigenvalue weighted by Crippen LogP contribution is 2.31. The lowest BCUT2D eigenvalue weighted by Gasteiger charge is -2.35. The standard InChI is InChI=1S/C14H27NO4/c1-10(17-7)8-11-9-18-14(5,6)15(11)12(16)19-13(2,3)4/h10-11H,8-9H2,1-7H3/t10-,11?/m0/s1. The predicted molar refractivity (Wildman–Crippen MR) is 73.0 cm³/mol. The highest BCUT2D eigenvalue weighted by atomic mass is 16.6. The summed E-state index contributed by atoms with van der Waals surface area (Å²) in [5, 5.41) is 0. The number of methoxy groups -OCH3 is 1. The Morgan fingerprint density at radius 1 is 1.47 bits per heavy atom. The van der Waals surface area contributed by atoms with E-state index in [0.29, 0.717) is 6.61 Å². The van der Waals surface area contributed by atoms with Crippen molar-refractivity contribution in [1.82, 2.24) is 4.90 Å². The van der Waals surface area contributed by atoms with Gasteiger partial charge < -0.3 is 14.2 Å². The van der Waals surface area contributed by atoms with Gasteiger partial charge in [-0.1, -0.05) is 0 Å². The van der Waals surface area contributed by atoms with Gasteiger partial charge in [0.25, 0.3) is 0 Å². The Morgan fingerprint density at radius 3 is 2.53 bits per heavy atom. The second kappa shape index (κ2) is 5.67. The zero-order valence-electron chi connectivity index (χ0n) is 13.1. The van der Waals surface area contributed by atoms with E-state index in [2.05, 4.69) is 0 Å². The largest absolute Gasteiger partial charge is 0.444 e. The Kier molecular flexibility index (Phi) is 4.85. The summed E-state index contributed by atoms with van der Waals surface area (Å²) in [4.78, 5) is 14.0. The highest BCUT2D eigenvalue weighted by molar-refractivity contribution is 5.69. The van der Waals surface area contributed by atoms with Gasteiger partial charge in [-0.05, 0) is 48.0 Å². The first-order valence-electron chi connectivity index (χ1n) is 6.76. The molecular formula is C14H27NO4. The number of rotatable bonds is 3. The molecule has 1 heterocycles. The molecule has 0 N–H and O–H groups in total. The van der Waals surface area contributed by atoms with Crippen LogP contribution in [0.5, 0.6) is 0 Å². The summed E-state index contributed by atoms with van der Waals surface area (Å²) in [5.41, 5.74) is -1.15. The van der Waals surface area contributed by atoms with Crippen molar-refractivity contribution < 1.29 is 19.0 Å². The van der Waals surface area contributed by atoms with Crippen LogP contribution in [0.2, 0.25) is 0 Å². The van der Waals surface area contributed by atoms with Crippen LogP contribution in [0.3, 0.4) is 0 Å². The quantitative estimate of drug-likeness (QED) is 0.793. The molecule has 0 radical (unpaired) electrons. The molecule has 0 aliphatic carbocycles. The number of hydrogen-bond acceptors (Lipinski definition) is 4. The molecule has 1 unspecified atom stereocenters. The summed E-state index contributed by atoms with van der Waals surface area (Å²) in [5.74, 6) is 0. The Labute approximate surface area is 116 Å². The van der Waals surface area contributed by atoms with Gasteiger partial charge in [0.15, 0.2) is 0 Å². The van der Waals surface area contributed by atoms with Crippen LogP contribution in [-0.4, -0.2) is 48.2 Å². The van der Waals surface area contributed by atoms with Crippen LogP contribution >= 0.6 is 0 Å². The molecule has 1 aliphatic rings. The van der Waals surface area contributed by atoms with Gasteiger partial charge in [-0.15, -0.1) is 0 Å². The average Bonchev–Trinajstić information content (AvgIpc) is 2.51. The Morgan fingerprint density at radius 2 is 2.05 bits per heavy atom. The SMILES string of the molecule is CO[C@@H](C)CC1COC(C)(C)N1C(=O)OC(C)(C)C. The predicted octanol–water partition coefficient (Wildman–Crippen LogP) is 2.78. The third-order valence-corrected chi connectivity index (χ3v) is 3.17. The minimum Gasteiger partial charge on any atom is -0.444 e. The third-order valence-electron chi connectivity index (χ3n) is 3.17. The molecular weight excluding hydrogens is 246 g/mol. The maximum absolute atomic E-state index is 12.3. The van der Waals surface area contributed by atoms with Crippen molar-refractivity contribution in [2.75, 3.05) is 13.7 Å². The third kappa shape index (κ3) is 4.35. The number of ether oxygens (including phenoxy) is 3. The molecule has 1 amide bonds. The summed E-state index contributed by atoms with van der Waals surface area (Å²) in [6.07, 6.45) is 0.481. The van der Waals surface area contributed by atoms with Crippen molar-refractivity contribution in [3.63, 3.8) is 0 Å². The maximum atomic E-state index is 12.3. The summed E-state index contributed by atoms with van der Waals surface area (Å²) in [7, 11) is 1.67. The van der Waals surface area contributed by atoms with E-state index >= 15 is 0 Å². The lowest BCUT2D eigenvalue weighted by Crippen LogP contribution is -2.50. The monoisotopic (exact) mass is 273 g/mol. The zero-order valence-corrected chi connectivity index (χ0v) is 13.1. The molecule has 1 rings (SSSR count). The normalized spacial score (nSPS) is 24.4. The zero-order chi connectivity index (χ0) is 14.8. The molecule has 0 saturated carbocycles. The van der Waals surface area contributed by atoms with Crippen molar-refractivity contribution in [3.05, 3.63) is 0 Å². The van der Waals surface area contributed by atoms with Gasteiger partial charge in [-0.3, -0.25) is 4.90 Å². The molecule has 0 bridgehead atoms. The van der Waals surface area contributed by atoms with E-state index in [0.717, 1.165) is 6.42 Å². The van der Waals surface area contributed by atoms with Crippen LogP contribution in [-0.2, 0) is 14.2 Å². The molecule has 112 valence electrons. The minimum absolute atomic E-state index is 0.0141. The number of nitrogens with zero attached hydrogens (tertiary/aromatic N) is 1. The molecule has 2 atom stereocenters. The average molecular weight is 273 g/mol. The number of carbonyl (C=O) groups excluding carboxylic acids is 1. The molecule has 1 aliphatic heterocycles. The van der Waals surface area contributed by atoms with Crippen LogP contribution in [0.4, 0.5) is 4.79 Å². The van der Waals surface area contributed by atoms with Crippen LogP contribution in [0.1, 0.15) is 48.0 Å². The van der Waals surface area contributed by atoms with E-state index in [1.54, 1.807) is 12.0 Å². The first kappa shape index (κ1) is 16.2. The maximum Gasteiger partial charge on any atom is 0.412 e. The second-order valence-corrected chi connectivity index (χ2v) is 6.54. The van der Waals surface area contributed by atoms with Crippen molar-refractivity contribution >= 4 is 6.09 Å². The van der Waals surface area contributed by atoms with Crippen molar-refractivity contribution in [3.8, 4) is 0 Å². The van der Waals surface area contributed by atoms with Crippen molar-refractivity contribution in [2.45, 2.75) is 71.4 Å². The molecule has 0 aromatic heterocycles. The van der Waals surface area contributed by atoms with E-state index in [4.69, 9.17) is 14.2 Å². The lowest BCUT2D eigenvalue weighted by atomic mass is 10.1. The summed E-state index contributed by atoms with van der Waals surface area (Å²) < 4.78 is 16.5. The minimum atomic E-state index is -0.638. The molecule has 0 aromatic rings. The number of hydrogen-bond donors (Lipinski definition) is 0. The summed E-state index contributed by atoms with van der Waals surface area (Å²) in [6.45, 7) is 11.9. The van der Waals surface area contributed by atoms with Crippen molar-refractivity contribution in [2.24, 2.45) is 0 Å². The van der Waals surface area contributed by atoms with Gasteiger partial charge in [-0.25, -0.2) is 4.79 Å². The Hall–Kier alpha value is -0.810. The first-order chi connectivity index (χ1) is 8.57. The first-order valence-corrected chi connectivity index (χ1v) is 6.76. The van der Waals surface area contributed by atoms with E-state index in [1.807, 2.05) is 41.5 Å². The topological polar surface area (TPSA) is 48.0 Å². The van der Waals surface area contributed by atoms with Gasteiger partial charge in [0.1, 0.15) is 11.3 Å². The molecule has 5 nitrogen and oxygen atoms in total. The Balaban J connectivity index is 2.81. The van der Waals surface area contributed by atoms with Crippen LogP contribution < -0.4 is 0 Å². The molecule has 19 heavy (non-hydrogen) atoms. The van der Waals surface area contributed by atoms with Gasteiger partial charge in [0.2, 0.25) is 0 Å². The smallest absolute Gasteiger partial charge is 0.412 e. The van der Waals surface area contributed by atoms with E-state index in [-0.39, 0.29) is 18.2 Å². The van der Waals surface area contributed by atoms with Crippen LogP contribution in [0, 0.1) is 0 Å². The van der Waals surface area contributed by atoms with Crippen molar-refractivity contribution in [1.29, 1.82) is 0 Å². The number of carbonyl (C=O) groups is 1. The fraction of sp³-hybridized carbons (Fsp3) is 0.929. The van der Waals surface area contributed by atoms with E-state index in [9.17, 15) is 4.79 Å². The second-order valence-electron chi connectivity index (χ2n) is 6.54. The Bertz CT molecular complexity index is 322. The lowest BCUT2D eigenvalue weighted by molar-refractivity contribution is -0.0639. The highest BCUT2D eigenvalue weighted by Gasteiger charge is 2.45. The van der Waals surface area contributed by atoms with Crippen LogP contribution in [0.15, 0.2) is 0 Å². The fourth-order valence-electron chi connectivity index (χ4n) is 2.22.